The third kappa shape index (κ3) is 6.20. The molecule has 0 fully saturated rings. The van der Waals surface area contributed by atoms with Crippen LogP contribution in [0.25, 0.3) is 0 Å². The van der Waals surface area contributed by atoms with Crippen molar-refractivity contribution in [3.63, 3.8) is 0 Å². The molecule has 5 heteroatoms. The van der Waals surface area contributed by atoms with E-state index in [4.69, 9.17) is 14.2 Å². The summed E-state index contributed by atoms with van der Waals surface area (Å²) in [4.78, 5) is 0. The Kier molecular flexibility index (Phi) is 6.93. The van der Waals surface area contributed by atoms with Crippen LogP contribution in [-0.4, -0.2) is 52.0 Å². The van der Waals surface area contributed by atoms with Gasteiger partial charge in [-0.2, -0.15) is 0 Å². The van der Waals surface area contributed by atoms with Gasteiger partial charge in [0.2, 0.25) is 0 Å². The van der Waals surface area contributed by atoms with E-state index in [1.807, 2.05) is 6.08 Å². The number of allylic oxidation sites excluding steroid dienone is 1. The number of ether oxygens (including phenoxy) is 3. The van der Waals surface area contributed by atoms with Crippen molar-refractivity contribution in [3.8, 4) is 11.5 Å². The summed E-state index contributed by atoms with van der Waals surface area (Å²) >= 11 is 0. The molecule has 2 atom stereocenters. The topological polar surface area (TPSA) is 47.9 Å². The average Bonchev–Trinajstić information content (AvgIpc) is 2.38. The van der Waals surface area contributed by atoms with Crippen LogP contribution in [0.1, 0.15) is 12.8 Å². The van der Waals surface area contributed by atoms with Gasteiger partial charge < -0.3 is 19.3 Å². The molecule has 0 aromatic heterocycles. The number of aliphatic hydroxyl groups is 1. The Morgan fingerprint density at radius 2 is 2.10 bits per heavy atom. The van der Waals surface area contributed by atoms with Gasteiger partial charge in [0.15, 0.2) is 5.60 Å². The Morgan fingerprint density at radius 1 is 1.35 bits per heavy atom. The van der Waals surface area contributed by atoms with E-state index < -0.39 is 13.7 Å². The largest absolute Gasteiger partial charge is 0.382 e. The van der Waals surface area contributed by atoms with E-state index in [-0.39, 0.29) is 12.9 Å². The van der Waals surface area contributed by atoms with Crippen LogP contribution < -0.4 is 0 Å². The van der Waals surface area contributed by atoms with Crippen LogP contribution in [0, 0.1) is 11.5 Å². The lowest BCUT2D eigenvalue weighted by molar-refractivity contribution is -0.139. The summed E-state index contributed by atoms with van der Waals surface area (Å²) < 4.78 is 15.8. The second-order valence-electron chi connectivity index (χ2n) is 5.98. The zero-order valence-corrected chi connectivity index (χ0v) is 13.9. The van der Waals surface area contributed by atoms with Gasteiger partial charge in [-0.05, 0) is 18.9 Å². The molecule has 0 bridgehead atoms. The first-order chi connectivity index (χ1) is 9.37. The van der Waals surface area contributed by atoms with Gasteiger partial charge in [0.25, 0.3) is 0 Å². The molecule has 1 N–H and O–H groups in total. The number of methoxy groups -OCH3 is 1. The normalized spacial score (nSPS) is 26.1. The molecule has 0 radical (unpaired) electrons. The van der Waals surface area contributed by atoms with Crippen LogP contribution in [0.3, 0.4) is 0 Å². The summed E-state index contributed by atoms with van der Waals surface area (Å²) in [5, 5.41) is 10.7. The Labute approximate surface area is 123 Å². The summed E-state index contributed by atoms with van der Waals surface area (Å²) in [5.41, 5.74) is 2.03. The highest BCUT2D eigenvalue weighted by atomic mass is 28.3. The molecule has 20 heavy (non-hydrogen) atoms. The average molecular weight is 298 g/mol. The van der Waals surface area contributed by atoms with Crippen molar-refractivity contribution < 1.29 is 19.3 Å². The maximum absolute atomic E-state index is 10.7. The van der Waals surface area contributed by atoms with Crippen molar-refractivity contribution in [2.45, 2.75) is 44.2 Å². The summed E-state index contributed by atoms with van der Waals surface area (Å²) in [6.45, 7) is 7.63. The van der Waals surface area contributed by atoms with Crippen molar-refractivity contribution in [1.82, 2.24) is 0 Å². The van der Waals surface area contributed by atoms with Crippen LogP contribution in [-0.2, 0) is 14.2 Å². The standard InChI is InChI=1S/C15H26O4Si/c1-17-10-11-18-13-19-14-7-5-6-8-15(14,16)9-12-20(2,3)4/h6,8,14,16H,5,7,10-11,13H2,1-4H3/t14-,15-/m1/s1. The molecule has 1 aliphatic carbocycles. The summed E-state index contributed by atoms with van der Waals surface area (Å²) in [6.07, 6.45) is 5.02. The second kappa shape index (κ2) is 7.96. The van der Waals surface area contributed by atoms with E-state index >= 15 is 0 Å². The summed E-state index contributed by atoms with van der Waals surface area (Å²) in [7, 11) is 0.101. The first kappa shape index (κ1) is 17.4. The predicted octanol–water partition coefficient (Wildman–Crippen LogP) is 1.95. The molecular weight excluding hydrogens is 272 g/mol. The maximum Gasteiger partial charge on any atom is 0.169 e. The first-order valence-electron chi connectivity index (χ1n) is 7.00. The monoisotopic (exact) mass is 298 g/mol. The van der Waals surface area contributed by atoms with Gasteiger partial charge in [-0.15, -0.1) is 5.54 Å². The number of rotatable bonds is 6. The summed E-state index contributed by atoms with van der Waals surface area (Å²) in [5.74, 6) is 3.02. The van der Waals surface area contributed by atoms with Crippen molar-refractivity contribution in [2.24, 2.45) is 0 Å². The molecule has 0 saturated carbocycles. The quantitative estimate of drug-likeness (QED) is 0.268. The van der Waals surface area contributed by atoms with E-state index in [1.165, 1.54) is 0 Å². The van der Waals surface area contributed by atoms with Gasteiger partial charge in [-0.1, -0.05) is 31.6 Å². The second-order valence-corrected chi connectivity index (χ2v) is 10.7. The van der Waals surface area contributed by atoms with Gasteiger partial charge in [0.05, 0.1) is 13.2 Å². The molecule has 0 aliphatic heterocycles. The highest BCUT2D eigenvalue weighted by molar-refractivity contribution is 6.83. The highest BCUT2D eigenvalue weighted by Gasteiger charge is 2.35. The van der Waals surface area contributed by atoms with Gasteiger partial charge >= 0.3 is 0 Å². The molecular formula is C15H26O4Si. The van der Waals surface area contributed by atoms with Gasteiger partial charge in [0, 0.05) is 7.11 Å². The number of hydrogen-bond donors (Lipinski definition) is 1. The van der Waals surface area contributed by atoms with E-state index in [0.29, 0.717) is 13.2 Å². The molecule has 114 valence electrons. The molecule has 0 aromatic carbocycles. The lowest BCUT2D eigenvalue weighted by atomic mass is 9.89. The van der Waals surface area contributed by atoms with Crippen LogP contribution >= 0.6 is 0 Å². The molecule has 0 aromatic rings. The molecule has 1 rings (SSSR count). The van der Waals surface area contributed by atoms with Crippen molar-refractivity contribution in [3.05, 3.63) is 12.2 Å². The van der Waals surface area contributed by atoms with E-state index in [1.54, 1.807) is 13.2 Å². The van der Waals surface area contributed by atoms with Crippen LogP contribution in [0.2, 0.25) is 19.6 Å². The minimum absolute atomic E-state index is 0.152. The Morgan fingerprint density at radius 3 is 2.75 bits per heavy atom. The Balaban J connectivity index is 2.58. The smallest absolute Gasteiger partial charge is 0.169 e. The molecule has 0 heterocycles. The molecule has 0 saturated heterocycles. The zero-order chi connectivity index (χ0) is 15.1. The molecule has 0 unspecified atom stereocenters. The minimum atomic E-state index is -1.52. The van der Waals surface area contributed by atoms with Crippen molar-refractivity contribution in [1.29, 1.82) is 0 Å². The SMILES string of the molecule is COCCOCO[C@@H]1CCC=C[C@@]1(O)C#C[Si](C)(C)C. The minimum Gasteiger partial charge on any atom is -0.382 e. The van der Waals surface area contributed by atoms with Gasteiger partial charge in [0.1, 0.15) is 21.0 Å². The lowest BCUT2D eigenvalue weighted by Gasteiger charge is -2.32. The predicted molar refractivity (Wildman–Crippen MR) is 82.0 cm³/mol. The zero-order valence-electron chi connectivity index (χ0n) is 12.9. The Hall–Kier alpha value is -0.643. The third-order valence-corrected chi connectivity index (χ3v) is 3.76. The lowest BCUT2D eigenvalue weighted by Crippen LogP contribution is -2.43. The molecule has 4 nitrogen and oxygen atoms in total. The fourth-order valence-corrected chi connectivity index (χ4v) is 2.36. The van der Waals surface area contributed by atoms with Crippen LogP contribution in [0.4, 0.5) is 0 Å². The maximum atomic E-state index is 10.7. The summed E-state index contributed by atoms with van der Waals surface area (Å²) in [6, 6.07) is 0. The highest BCUT2D eigenvalue weighted by Crippen LogP contribution is 2.25. The fraction of sp³-hybridized carbons (Fsp3) is 0.733. The molecule has 0 spiro atoms. The number of hydrogen-bond acceptors (Lipinski definition) is 4. The molecule has 1 aliphatic rings. The van der Waals surface area contributed by atoms with Crippen molar-refractivity contribution >= 4 is 8.07 Å². The first-order valence-corrected chi connectivity index (χ1v) is 10.5. The van der Waals surface area contributed by atoms with Gasteiger partial charge in [-0.3, -0.25) is 0 Å². The van der Waals surface area contributed by atoms with Gasteiger partial charge in [-0.25, -0.2) is 0 Å². The fourth-order valence-electron chi connectivity index (χ4n) is 1.79. The molecule has 0 amide bonds. The Bertz CT molecular complexity index is 378. The van der Waals surface area contributed by atoms with E-state index in [0.717, 1.165) is 12.8 Å². The van der Waals surface area contributed by atoms with E-state index in [2.05, 4.69) is 31.1 Å². The van der Waals surface area contributed by atoms with E-state index in [9.17, 15) is 5.11 Å². The van der Waals surface area contributed by atoms with Crippen LogP contribution in [0.15, 0.2) is 12.2 Å². The van der Waals surface area contributed by atoms with Crippen LogP contribution in [0.5, 0.6) is 0 Å². The third-order valence-electron chi connectivity index (χ3n) is 2.88. The van der Waals surface area contributed by atoms with Crippen molar-refractivity contribution in [2.75, 3.05) is 27.1 Å².